The summed E-state index contributed by atoms with van der Waals surface area (Å²) < 4.78 is 15.6. The Morgan fingerprint density at radius 1 is 1.19 bits per heavy atom. The van der Waals surface area contributed by atoms with Gasteiger partial charge in [-0.3, -0.25) is 4.52 Å². The number of hydrogen-bond donors (Lipinski definition) is 2. The number of unbranched alkanes of at least 4 members (excludes halogenated alkanes) is 1. The molecule has 0 aromatic heterocycles. The maximum absolute atomic E-state index is 10.8. The van der Waals surface area contributed by atoms with Crippen LogP contribution in [0.1, 0.15) is 59.3 Å². The molecule has 5 heteroatoms. The first-order valence-corrected chi connectivity index (χ1v) is 7.66. The number of hydrogen-bond acceptors (Lipinski definition) is 2. The molecule has 0 fully saturated rings. The average molecular weight is 252 g/mol. The van der Waals surface area contributed by atoms with E-state index in [2.05, 4.69) is 20.8 Å². The Balaban J connectivity index is 4.14. The van der Waals surface area contributed by atoms with Gasteiger partial charge in [0.2, 0.25) is 0 Å². The minimum absolute atomic E-state index is 0.303. The topological polar surface area (TPSA) is 66.8 Å². The summed E-state index contributed by atoms with van der Waals surface area (Å²) in [5.74, 6) is 0.457. The van der Waals surface area contributed by atoms with E-state index in [0.717, 1.165) is 38.5 Å². The molecule has 0 rings (SSSR count). The highest BCUT2D eigenvalue weighted by atomic mass is 31.2. The predicted octanol–water partition coefficient (Wildman–Crippen LogP) is 3.48. The molecule has 0 aliphatic carbocycles. The van der Waals surface area contributed by atoms with Crippen LogP contribution in [0, 0.1) is 5.92 Å². The number of phosphoric ester groups is 1. The summed E-state index contributed by atoms with van der Waals surface area (Å²) in [6.07, 6.45) is 5.30. The first kappa shape index (κ1) is 16.1. The monoisotopic (exact) mass is 252 g/mol. The smallest absolute Gasteiger partial charge is 0.303 e. The van der Waals surface area contributed by atoms with Gasteiger partial charge in [0, 0.05) is 0 Å². The molecule has 0 aromatic rings. The Hall–Kier alpha value is 0.110. The van der Waals surface area contributed by atoms with E-state index in [9.17, 15) is 4.57 Å². The molecule has 0 heterocycles. The van der Waals surface area contributed by atoms with Crippen LogP contribution in [0.5, 0.6) is 0 Å². The van der Waals surface area contributed by atoms with Crippen molar-refractivity contribution in [3.63, 3.8) is 0 Å². The van der Waals surface area contributed by atoms with Crippen LogP contribution in [0.2, 0.25) is 0 Å². The first-order valence-electron chi connectivity index (χ1n) is 6.13. The molecular formula is C11H25O4P. The molecule has 0 spiro atoms. The second-order valence-electron chi connectivity index (χ2n) is 4.49. The van der Waals surface area contributed by atoms with Crippen molar-refractivity contribution in [2.24, 2.45) is 5.92 Å². The summed E-state index contributed by atoms with van der Waals surface area (Å²) in [5, 5.41) is 0. The van der Waals surface area contributed by atoms with Crippen molar-refractivity contribution >= 4 is 7.82 Å². The lowest BCUT2D eigenvalue weighted by Gasteiger charge is -2.21. The van der Waals surface area contributed by atoms with Gasteiger partial charge in [-0.25, -0.2) is 4.57 Å². The summed E-state index contributed by atoms with van der Waals surface area (Å²) in [6, 6.07) is 0. The van der Waals surface area contributed by atoms with Gasteiger partial charge >= 0.3 is 7.82 Å². The minimum atomic E-state index is -4.34. The van der Waals surface area contributed by atoms with Crippen LogP contribution in [0.3, 0.4) is 0 Å². The van der Waals surface area contributed by atoms with Crippen molar-refractivity contribution < 1.29 is 18.9 Å². The fourth-order valence-corrected chi connectivity index (χ4v) is 2.48. The standard InChI is InChI=1S/C11H25O4P/c1-4-6-8-11(15-16(12,13)14)9-10(3)7-5-2/h10-11H,4-9H2,1-3H3,(H2,12,13,14). The first-order chi connectivity index (χ1) is 7.39. The maximum atomic E-state index is 10.8. The van der Waals surface area contributed by atoms with Gasteiger partial charge in [-0.2, -0.15) is 0 Å². The SMILES string of the molecule is CCCCC(CC(C)CCC)OP(=O)(O)O. The van der Waals surface area contributed by atoms with Crippen LogP contribution < -0.4 is 0 Å². The summed E-state index contributed by atoms with van der Waals surface area (Å²) in [7, 11) is -4.34. The normalized spacial score (nSPS) is 16.1. The molecule has 2 N–H and O–H groups in total. The molecule has 0 aromatic carbocycles. The summed E-state index contributed by atoms with van der Waals surface area (Å²) in [6.45, 7) is 6.27. The molecule has 4 nitrogen and oxygen atoms in total. The van der Waals surface area contributed by atoms with Gasteiger partial charge in [0.25, 0.3) is 0 Å². The van der Waals surface area contributed by atoms with E-state index in [0.29, 0.717) is 5.92 Å². The molecular weight excluding hydrogens is 227 g/mol. The number of phosphoric acid groups is 1. The third-order valence-electron chi connectivity index (χ3n) is 2.61. The molecule has 0 aliphatic heterocycles. The van der Waals surface area contributed by atoms with E-state index in [-0.39, 0.29) is 6.10 Å². The Bertz CT molecular complexity index is 214. The molecule has 2 unspecified atom stereocenters. The Morgan fingerprint density at radius 2 is 1.81 bits per heavy atom. The van der Waals surface area contributed by atoms with Crippen molar-refractivity contribution in [2.45, 2.75) is 65.4 Å². The number of rotatable bonds is 9. The molecule has 0 saturated heterocycles. The zero-order valence-electron chi connectivity index (χ0n) is 10.6. The van der Waals surface area contributed by atoms with E-state index in [4.69, 9.17) is 14.3 Å². The lowest BCUT2D eigenvalue weighted by atomic mass is 9.96. The van der Waals surface area contributed by atoms with Gasteiger partial charge in [-0.15, -0.1) is 0 Å². The molecule has 0 amide bonds. The second-order valence-corrected chi connectivity index (χ2v) is 5.68. The zero-order chi connectivity index (χ0) is 12.6. The van der Waals surface area contributed by atoms with Crippen molar-refractivity contribution in [1.82, 2.24) is 0 Å². The van der Waals surface area contributed by atoms with Gasteiger partial charge in [-0.1, -0.05) is 46.5 Å². The summed E-state index contributed by atoms with van der Waals surface area (Å²) in [5.41, 5.74) is 0. The molecule has 0 aliphatic rings. The minimum Gasteiger partial charge on any atom is -0.303 e. The maximum Gasteiger partial charge on any atom is 0.469 e. The molecule has 16 heavy (non-hydrogen) atoms. The van der Waals surface area contributed by atoms with Gasteiger partial charge in [0.05, 0.1) is 6.10 Å². The average Bonchev–Trinajstić information content (AvgIpc) is 2.12. The zero-order valence-corrected chi connectivity index (χ0v) is 11.4. The molecule has 2 atom stereocenters. The van der Waals surface area contributed by atoms with E-state index >= 15 is 0 Å². The Morgan fingerprint density at radius 3 is 2.25 bits per heavy atom. The summed E-state index contributed by atoms with van der Waals surface area (Å²) >= 11 is 0. The second kappa shape index (κ2) is 8.24. The lowest BCUT2D eigenvalue weighted by Crippen LogP contribution is -2.15. The van der Waals surface area contributed by atoms with Crippen molar-refractivity contribution in [3.05, 3.63) is 0 Å². The summed E-state index contributed by atoms with van der Waals surface area (Å²) in [4.78, 5) is 17.6. The van der Waals surface area contributed by atoms with Crippen LogP contribution in [0.25, 0.3) is 0 Å². The third-order valence-corrected chi connectivity index (χ3v) is 3.19. The fraction of sp³-hybridized carbons (Fsp3) is 1.00. The van der Waals surface area contributed by atoms with Crippen LogP contribution in [0.15, 0.2) is 0 Å². The predicted molar refractivity (Wildman–Crippen MR) is 65.1 cm³/mol. The van der Waals surface area contributed by atoms with Gasteiger partial charge in [0.1, 0.15) is 0 Å². The Kier molecular flexibility index (Phi) is 8.29. The third kappa shape index (κ3) is 9.34. The molecule has 0 radical (unpaired) electrons. The van der Waals surface area contributed by atoms with E-state index in [1.165, 1.54) is 0 Å². The largest absolute Gasteiger partial charge is 0.469 e. The van der Waals surface area contributed by atoms with Crippen molar-refractivity contribution in [1.29, 1.82) is 0 Å². The van der Waals surface area contributed by atoms with Gasteiger partial charge in [0.15, 0.2) is 0 Å². The fourth-order valence-electron chi connectivity index (χ4n) is 1.90. The highest BCUT2D eigenvalue weighted by molar-refractivity contribution is 7.46. The van der Waals surface area contributed by atoms with Crippen molar-refractivity contribution in [2.75, 3.05) is 0 Å². The molecule has 0 bridgehead atoms. The van der Waals surface area contributed by atoms with Crippen LogP contribution in [-0.2, 0) is 9.09 Å². The lowest BCUT2D eigenvalue weighted by molar-refractivity contribution is 0.105. The molecule has 0 saturated carbocycles. The van der Waals surface area contributed by atoms with Crippen LogP contribution in [-0.4, -0.2) is 15.9 Å². The van der Waals surface area contributed by atoms with Crippen LogP contribution >= 0.6 is 7.82 Å². The van der Waals surface area contributed by atoms with E-state index < -0.39 is 7.82 Å². The van der Waals surface area contributed by atoms with Gasteiger partial charge < -0.3 is 9.79 Å². The Labute approximate surface area is 98.6 Å². The molecule has 98 valence electrons. The highest BCUT2D eigenvalue weighted by Crippen LogP contribution is 2.40. The van der Waals surface area contributed by atoms with E-state index in [1.807, 2.05) is 0 Å². The van der Waals surface area contributed by atoms with Crippen molar-refractivity contribution in [3.8, 4) is 0 Å². The highest BCUT2D eigenvalue weighted by Gasteiger charge is 2.23. The van der Waals surface area contributed by atoms with E-state index in [1.54, 1.807) is 0 Å². The van der Waals surface area contributed by atoms with Gasteiger partial charge in [-0.05, 0) is 18.8 Å². The van der Waals surface area contributed by atoms with Crippen LogP contribution in [0.4, 0.5) is 0 Å². The quantitative estimate of drug-likeness (QED) is 0.616.